The summed E-state index contributed by atoms with van der Waals surface area (Å²) in [5, 5.41) is 22.5. The fourth-order valence-electron chi connectivity index (χ4n) is 3.90. The van der Waals surface area contributed by atoms with E-state index in [4.69, 9.17) is 0 Å². The molecule has 0 bridgehead atoms. The van der Waals surface area contributed by atoms with E-state index >= 15 is 0 Å². The zero-order valence-electron chi connectivity index (χ0n) is 15.4. The number of hydrogen-bond donors (Lipinski definition) is 2. The number of fused-ring (bicyclic) bond motifs is 1. The summed E-state index contributed by atoms with van der Waals surface area (Å²) < 4.78 is 12.6. The second-order valence-corrected chi connectivity index (χ2v) is 10.9. The summed E-state index contributed by atoms with van der Waals surface area (Å²) in [5.41, 5.74) is -1.51. The molecule has 0 heterocycles. The van der Waals surface area contributed by atoms with Gasteiger partial charge in [0.2, 0.25) is 0 Å². The van der Waals surface area contributed by atoms with Gasteiger partial charge in [-0.3, -0.25) is 0 Å². The number of thioether (sulfide) groups is 1. The van der Waals surface area contributed by atoms with Crippen molar-refractivity contribution in [2.45, 2.75) is 49.0 Å². The molecular formula is C21H27O4PS. The normalized spacial score (nSPS) is 18.9. The van der Waals surface area contributed by atoms with Crippen molar-refractivity contribution in [3.8, 4) is 0 Å². The number of aliphatic carboxylic acids is 1. The lowest BCUT2D eigenvalue weighted by Crippen LogP contribution is -2.43. The Morgan fingerprint density at radius 1 is 1.11 bits per heavy atom. The van der Waals surface area contributed by atoms with Crippen molar-refractivity contribution in [3.63, 3.8) is 0 Å². The highest BCUT2D eigenvalue weighted by Crippen LogP contribution is 2.39. The highest BCUT2D eigenvalue weighted by atomic mass is 32.2. The fraction of sp³-hybridized carbons (Fsp3) is 0.476. The molecule has 0 aromatic heterocycles. The van der Waals surface area contributed by atoms with E-state index in [1.807, 2.05) is 36.4 Å². The zero-order valence-corrected chi connectivity index (χ0v) is 17.2. The minimum absolute atomic E-state index is 0.135. The average Bonchev–Trinajstić information content (AvgIpc) is 2.67. The first-order chi connectivity index (χ1) is 13.0. The summed E-state index contributed by atoms with van der Waals surface area (Å²) in [6.45, 7) is 0. The predicted molar refractivity (Wildman–Crippen MR) is 112 cm³/mol. The lowest BCUT2D eigenvalue weighted by atomic mass is 9.81. The Bertz CT molecular complexity index is 819. The molecule has 0 spiro atoms. The van der Waals surface area contributed by atoms with E-state index in [1.165, 1.54) is 18.2 Å². The molecule has 2 aromatic rings. The van der Waals surface area contributed by atoms with Crippen LogP contribution in [0.5, 0.6) is 0 Å². The third kappa shape index (κ3) is 5.60. The number of carbonyl (C=O) groups is 1. The maximum atomic E-state index is 12.6. The van der Waals surface area contributed by atoms with E-state index in [2.05, 4.69) is 6.07 Å². The fourth-order valence-corrected chi connectivity index (χ4v) is 6.94. The Morgan fingerprint density at radius 2 is 1.81 bits per heavy atom. The molecule has 2 unspecified atom stereocenters. The second-order valence-electron chi connectivity index (χ2n) is 7.56. The number of carboxylic acids is 1. The highest BCUT2D eigenvalue weighted by Gasteiger charge is 2.40. The molecule has 1 aliphatic carbocycles. The molecule has 0 aliphatic heterocycles. The lowest BCUT2D eigenvalue weighted by Gasteiger charge is -2.30. The summed E-state index contributed by atoms with van der Waals surface area (Å²) >= 11 is 1.47. The van der Waals surface area contributed by atoms with Gasteiger partial charge in [-0.2, -0.15) is 0 Å². The molecule has 6 heteroatoms. The lowest BCUT2D eigenvalue weighted by molar-refractivity contribution is -0.158. The molecule has 2 atom stereocenters. The van der Waals surface area contributed by atoms with Gasteiger partial charge in [-0.25, -0.2) is 4.79 Å². The molecule has 2 N–H and O–H groups in total. The molecule has 1 aliphatic rings. The van der Waals surface area contributed by atoms with Crippen LogP contribution < -0.4 is 0 Å². The third-order valence-corrected chi connectivity index (χ3v) is 8.79. The van der Waals surface area contributed by atoms with Crippen molar-refractivity contribution in [2.24, 2.45) is 5.92 Å². The summed E-state index contributed by atoms with van der Waals surface area (Å²) in [6.07, 6.45) is 5.37. The van der Waals surface area contributed by atoms with Crippen LogP contribution in [0.4, 0.5) is 0 Å². The van der Waals surface area contributed by atoms with Crippen LogP contribution in [0.2, 0.25) is 0 Å². The Morgan fingerprint density at radius 3 is 2.52 bits per heavy atom. The standard InChI is InChI=1S/C21H27O4PS/c22-20(23)21(24,13-16-6-2-1-3-7-16)14-26(25)15-27-19-11-10-17-8-4-5-9-18(17)12-19/h4-5,8-12,16,24,26H,1-3,6-7,13-15H2,(H,22,23). The smallest absolute Gasteiger partial charge is 0.336 e. The number of benzene rings is 2. The van der Waals surface area contributed by atoms with Gasteiger partial charge in [0.25, 0.3) is 0 Å². The van der Waals surface area contributed by atoms with Gasteiger partial charge in [0, 0.05) is 16.6 Å². The molecule has 146 valence electrons. The minimum atomic E-state index is -2.21. The Kier molecular flexibility index (Phi) is 7.02. The van der Waals surface area contributed by atoms with E-state index in [1.54, 1.807) is 0 Å². The molecule has 27 heavy (non-hydrogen) atoms. The molecule has 0 saturated heterocycles. The van der Waals surface area contributed by atoms with Crippen LogP contribution >= 0.6 is 19.6 Å². The summed E-state index contributed by atoms with van der Waals surface area (Å²) in [4.78, 5) is 12.7. The molecule has 1 saturated carbocycles. The van der Waals surface area contributed by atoms with Crippen molar-refractivity contribution in [1.29, 1.82) is 0 Å². The van der Waals surface area contributed by atoms with Gasteiger partial charge in [0.15, 0.2) is 5.60 Å². The largest absolute Gasteiger partial charge is 0.479 e. The van der Waals surface area contributed by atoms with Gasteiger partial charge in [0.05, 0.1) is 7.80 Å². The Balaban J connectivity index is 1.58. The van der Waals surface area contributed by atoms with Crippen LogP contribution in [0, 0.1) is 5.92 Å². The molecule has 0 amide bonds. The predicted octanol–water partition coefficient (Wildman–Crippen LogP) is 5.24. The van der Waals surface area contributed by atoms with Crippen LogP contribution in [0.1, 0.15) is 38.5 Å². The topological polar surface area (TPSA) is 74.6 Å². The highest BCUT2D eigenvalue weighted by molar-refractivity contribution is 8.03. The second kappa shape index (κ2) is 9.27. The van der Waals surface area contributed by atoms with Gasteiger partial charge >= 0.3 is 5.97 Å². The Hall–Kier alpha value is -1.29. The van der Waals surface area contributed by atoms with E-state index in [0.717, 1.165) is 41.4 Å². The summed E-state index contributed by atoms with van der Waals surface area (Å²) in [6, 6.07) is 14.1. The van der Waals surface area contributed by atoms with Crippen molar-refractivity contribution < 1.29 is 19.6 Å². The summed E-state index contributed by atoms with van der Waals surface area (Å²) in [5.74, 6) is -1.01. The number of carboxylic acid groups (broad SMARTS) is 1. The first-order valence-corrected chi connectivity index (χ1v) is 12.4. The molecule has 3 rings (SSSR count). The Labute approximate surface area is 165 Å². The van der Waals surface area contributed by atoms with Gasteiger partial charge in [-0.05, 0) is 35.2 Å². The van der Waals surface area contributed by atoms with Gasteiger partial charge < -0.3 is 14.8 Å². The maximum absolute atomic E-state index is 12.6. The summed E-state index contributed by atoms with van der Waals surface area (Å²) in [7, 11) is -2.21. The van der Waals surface area contributed by atoms with E-state index in [0.29, 0.717) is 5.49 Å². The minimum Gasteiger partial charge on any atom is -0.479 e. The van der Waals surface area contributed by atoms with Gasteiger partial charge in [-0.1, -0.05) is 62.4 Å². The van der Waals surface area contributed by atoms with Crippen molar-refractivity contribution in [2.75, 3.05) is 11.7 Å². The molecule has 4 nitrogen and oxygen atoms in total. The SMILES string of the molecule is O=C(O)C(O)(CC1CCCCC1)C[PH](=O)CSc1ccc2ccccc2c1. The van der Waals surface area contributed by atoms with Crippen molar-refractivity contribution in [1.82, 2.24) is 0 Å². The molecule has 0 radical (unpaired) electrons. The molecular weight excluding hydrogens is 379 g/mol. The van der Waals surface area contributed by atoms with E-state index < -0.39 is 19.4 Å². The van der Waals surface area contributed by atoms with Gasteiger partial charge in [-0.15, -0.1) is 11.8 Å². The monoisotopic (exact) mass is 406 g/mol. The van der Waals surface area contributed by atoms with Crippen LogP contribution in [0.25, 0.3) is 10.8 Å². The van der Waals surface area contributed by atoms with Gasteiger partial charge in [0.1, 0.15) is 0 Å². The van der Waals surface area contributed by atoms with Crippen molar-refractivity contribution >= 4 is 36.3 Å². The first kappa shape index (κ1) is 20.4. The molecule has 2 aromatic carbocycles. The van der Waals surface area contributed by atoms with Crippen LogP contribution in [0.15, 0.2) is 47.4 Å². The van der Waals surface area contributed by atoms with E-state index in [-0.39, 0.29) is 18.5 Å². The van der Waals surface area contributed by atoms with Crippen molar-refractivity contribution in [3.05, 3.63) is 42.5 Å². The van der Waals surface area contributed by atoms with E-state index in [9.17, 15) is 19.6 Å². The zero-order chi connectivity index (χ0) is 19.3. The average molecular weight is 406 g/mol. The van der Waals surface area contributed by atoms with Crippen LogP contribution in [-0.2, 0) is 9.36 Å². The maximum Gasteiger partial charge on any atom is 0.336 e. The number of hydrogen-bond acceptors (Lipinski definition) is 4. The number of rotatable bonds is 8. The first-order valence-electron chi connectivity index (χ1n) is 9.55. The van der Waals surface area contributed by atoms with Crippen LogP contribution in [-0.4, -0.2) is 33.4 Å². The number of aliphatic hydroxyl groups is 1. The quantitative estimate of drug-likeness (QED) is 0.463. The molecule has 1 fully saturated rings. The van der Waals surface area contributed by atoms with Crippen LogP contribution in [0.3, 0.4) is 0 Å². The third-order valence-electron chi connectivity index (χ3n) is 5.36.